The van der Waals surface area contributed by atoms with Crippen molar-refractivity contribution in [2.24, 2.45) is 0 Å². The molecule has 2 N–H and O–H groups in total. The minimum Gasteiger partial charge on any atom is -0.497 e. The molecule has 0 atom stereocenters. The number of nitrogens with one attached hydrogen (secondary N) is 2. The van der Waals surface area contributed by atoms with Crippen LogP contribution in [0.15, 0.2) is 24.3 Å². The van der Waals surface area contributed by atoms with E-state index in [1.807, 2.05) is 31.2 Å². The van der Waals surface area contributed by atoms with Crippen LogP contribution in [-0.2, 0) is 22.4 Å². The van der Waals surface area contributed by atoms with Gasteiger partial charge in [0.1, 0.15) is 17.0 Å². The van der Waals surface area contributed by atoms with E-state index in [1.54, 1.807) is 34.8 Å². The van der Waals surface area contributed by atoms with Crippen LogP contribution in [-0.4, -0.2) is 36.2 Å². The number of anilines is 1. The number of aromatic amines is 1. The van der Waals surface area contributed by atoms with Crippen LogP contribution in [0.3, 0.4) is 0 Å². The molecular formula is C22H30N2O5. The average Bonchev–Trinajstić information content (AvgIpc) is 3.04. The molecule has 0 fully saturated rings. The fourth-order valence-electron chi connectivity index (χ4n) is 2.93. The smallest absolute Gasteiger partial charge is 0.355 e. The van der Waals surface area contributed by atoms with E-state index < -0.39 is 17.5 Å². The molecule has 0 unspecified atom stereocenters. The lowest BCUT2D eigenvalue weighted by molar-refractivity contribution is 0.00622. The first-order chi connectivity index (χ1) is 13.7. The Bertz CT molecular complexity index is 847. The van der Waals surface area contributed by atoms with Crippen molar-refractivity contribution in [1.82, 2.24) is 4.98 Å². The maximum atomic E-state index is 12.7. The lowest BCUT2D eigenvalue weighted by atomic mass is 10.1. The number of hydrogen-bond donors (Lipinski definition) is 2. The van der Waals surface area contributed by atoms with E-state index in [2.05, 4.69) is 10.3 Å². The number of esters is 2. The minimum absolute atomic E-state index is 0.250. The van der Waals surface area contributed by atoms with Gasteiger partial charge < -0.3 is 24.5 Å². The van der Waals surface area contributed by atoms with Gasteiger partial charge in [0.05, 0.1) is 25.8 Å². The van der Waals surface area contributed by atoms with E-state index in [9.17, 15) is 9.59 Å². The number of carbonyl (C=O) groups is 2. The summed E-state index contributed by atoms with van der Waals surface area (Å²) in [5.41, 5.74) is 2.07. The van der Waals surface area contributed by atoms with Crippen molar-refractivity contribution >= 4 is 17.6 Å². The summed E-state index contributed by atoms with van der Waals surface area (Å²) in [6, 6.07) is 7.43. The molecule has 7 nitrogen and oxygen atoms in total. The molecule has 7 heteroatoms. The summed E-state index contributed by atoms with van der Waals surface area (Å²) in [6.45, 7) is 9.62. The third kappa shape index (κ3) is 5.76. The lowest BCUT2D eigenvalue weighted by Gasteiger charge is -2.19. The third-order valence-corrected chi connectivity index (χ3v) is 4.18. The molecule has 0 spiro atoms. The van der Waals surface area contributed by atoms with Crippen LogP contribution in [0.1, 0.15) is 66.7 Å². The second-order valence-corrected chi connectivity index (χ2v) is 7.49. The molecule has 0 bridgehead atoms. The molecular weight excluding hydrogens is 372 g/mol. The molecule has 0 saturated heterocycles. The Morgan fingerprint density at radius 3 is 2.24 bits per heavy atom. The molecule has 1 aromatic heterocycles. The Labute approximate surface area is 171 Å². The number of rotatable bonds is 8. The van der Waals surface area contributed by atoms with Crippen LogP contribution < -0.4 is 10.1 Å². The number of H-pyrrole nitrogens is 1. The highest BCUT2D eigenvalue weighted by Crippen LogP contribution is 2.25. The third-order valence-electron chi connectivity index (χ3n) is 4.18. The van der Waals surface area contributed by atoms with Gasteiger partial charge in [-0.3, -0.25) is 0 Å². The monoisotopic (exact) mass is 402 g/mol. The summed E-state index contributed by atoms with van der Waals surface area (Å²) >= 11 is 0. The molecule has 1 aromatic carbocycles. The van der Waals surface area contributed by atoms with E-state index >= 15 is 0 Å². The summed E-state index contributed by atoms with van der Waals surface area (Å²) in [4.78, 5) is 28.4. The maximum Gasteiger partial charge on any atom is 0.355 e. The van der Waals surface area contributed by atoms with E-state index in [0.717, 1.165) is 11.4 Å². The molecule has 2 rings (SSSR count). The van der Waals surface area contributed by atoms with Gasteiger partial charge in [0.25, 0.3) is 0 Å². The number of benzene rings is 1. The summed E-state index contributed by atoms with van der Waals surface area (Å²) in [7, 11) is 1.61. The van der Waals surface area contributed by atoms with Crippen LogP contribution in [0, 0.1) is 0 Å². The number of carbonyl (C=O) groups excluding carboxylic acids is 2. The Balaban J connectivity index is 2.37. The molecule has 0 saturated carbocycles. The predicted octanol–water partition coefficient (Wildman–Crippen LogP) is 4.33. The number of ether oxygens (including phenoxy) is 3. The van der Waals surface area contributed by atoms with Crippen molar-refractivity contribution < 1.29 is 23.8 Å². The quantitative estimate of drug-likeness (QED) is 0.639. The Morgan fingerprint density at radius 1 is 1.07 bits per heavy atom. The van der Waals surface area contributed by atoms with Gasteiger partial charge in [-0.1, -0.05) is 6.92 Å². The summed E-state index contributed by atoms with van der Waals surface area (Å²) in [5.74, 6) is -0.194. The standard InChI is InChI=1S/C22H30N2O5/c1-7-16-18(20(25)28-8-2)17(24-19(16)21(26)29-22(3,4)5)13-23-14-9-11-15(27-6)12-10-14/h9-12,23-24H,7-8,13H2,1-6H3. The molecule has 29 heavy (non-hydrogen) atoms. The Morgan fingerprint density at radius 2 is 1.72 bits per heavy atom. The summed E-state index contributed by atoms with van der Waals surface area (Å²) in [6.07, 6.45) is 0.488. The lowest BCUT2D eigenvalue weighted by Crippen LogP contribution is -2.24. The molecule has 0 aliphatic carbocycles. The zero-order valence-electron chi connectivity index (χ0n) is 18.0. The Kier molecular flexibility index (Phi) is 7.31. The first-order valence-electron chi connectivity index (χ1n) is 9.72. The molecule has 0 radical (unpaired) electrons. The number of hydrogen-bond acceptors (Lipinski definition) is 6. The van der Waals surface area contributed by atoms with Crippen LogP contribution in [0.2, 0.25) is 0 Å². The Hall–Kier alpha value is -2.96. The normalized spacial score (nSPS) is 11.1. The molecule has 0 aliphatic heterocycles. The van der Waals surface area contributed by atoms with Crippen molar-refractivity contribution in [2.75, 3.05) is 19.0 Å². The highest BCUT2D eigenvalue weighted by molar-refractivity contribution is 5.99. The van der Waals surface area contributed by atoms with Crippen molar-refractivity contribution in [3.05, 3.63) is 46.8 Å². The first-order valence-corrected chi connectivity index (χ1v) is 9.72. The van der Waals surface area contributed by atoms with Crippen molar-refractivity contribution in [2.45, 2.75) is 53.2 Å². The van der Waals surface area contributed by atoms with Gasteiger partial charge in [-0.2, -0.15) is 0 Å². The van der Waals surface area contributed by atoms with E-state index in [-0.39, 0.29) is 12.3 Å². The van der Waals surface area contributed by atoms with Crippen LogP contribution >= 0.6 is 0 Å². The molecule has 0 aliphatic rings. The minimum atomic E-state index is -0.640. The van der Waals surface area contributed by atoms with Gasteiger partial charge in [0.15, 0.2) is 0 Å². The zero-order valence-corrected chi connectivity index (χ0v) is 18.0. The van der Waals surface area contributed by atoms with E-state index in [1.165, 1.54) is 0 Å². The van der Waals surface area contributed by atoms with Crippen LogP contribution in [0.25, 0.3) is 0 Å². The van der Waals surface area contributed by atoms with Gasteiger partial charge in [0, 0.05) is 11.4 Å². The van der Waals surface area contributed by atoms with Gasteiger partial charge in [0.2, 0.25) is 0 Å². The SMILES string of the molecule is CCOC(=O)c1c(CNc2ccc(OC)cc2)[nH]c(C(=O)OC(C)(C)C)c1CC. The summed E-state index contributed by atoms with van der Waals surface area (Å²) in [5, 5.41) is 3.25. The van der Waals surface area contributed by atoms with Crippen molar-refractivity contribution in [3.63, 3.8) is 0 Å². The fourth-order valence-corrected chi connectivity index (χ4v) is 2.93. The average molecular weight is 402 g/mol. The second-order valence-electron chi connectivity index (χ2n) is 7.49. The summed E-state index contributed by atoms with van der Waals surface area (Å²) < 4.78 is 15.9. The van der Waals surface area contributed by atoms with Crippen LogP contribution in [0.4, 0.5) is 5.69 Å². The fraction of sp³-hybridized carbons (Fsp3) is 0.455. The zero-order chi connectivity index (χ0) is 21.6. The van der Waals surface area contributed by atoms with Gasteiger partial charge in [-0.15, -0.1) is 0 Å². The highest BCUT2D eigenvalue weighted by atomic mass is 16.6. The van der Waals surface area contributed by atoms with Crippen molar-refractivity contribution in [1.29, 1.82) is 0 Å². The molecule has 158 valence electrons. The van der Waals surface area contributed by atoms with Gasteiger partial charge in [-0.25, -0.2) is 9.59 Å². The maximum absolute atomic E-state index is 12.7. The molecule has 2 aromatic rings. The van der Waals surface area contributed by atoms with E-state index in [4.69, 9.17) is 14.2 Å². The van der Waals surface area contributed by atoms with E-state index in [0.29, 0.717) is 29.8 Å². The van der Waals surface area contributed by atoms with Crippen LogP contribution in [0.5, 0.6) is 5.75 Å². The van der Waals surface area contributed by atoms with Crippen molar-refractivity contribution in [3.8, 4) is 5.75 Å². The second kappa shape index (κ2) is 9.49. The van der Waals surface area contributed by atoms with Gasteiger partial charge >= 0.3 is 11.9 Å². The highest BCUT2D eigenvalue weighted by Gasteiger charge is 2.29. The molecule has 1 heterocycles. The van der Waals surface area contributed by atoms with Gasteiger partial charge in [-0.05, 0) is 63.9 Å². The number of methoxy groups -OCH3 is 1. The molecule has 0 amide bonds. The largest absolute Gasteiger partial charge is 0.497 e. The topological polar surface area (TPSA) is 89.7 Å². The predicted molar refractivity (Wildman–Crippen MR) is 112 cm³/mol. The number of aromatic nitrogens is 1. The first kappa shape index (κ1) is 22.3.